The molecule has 0 radical (unpaired) electrons. The van der Waals surface area contributed by atoms with Crippen LogP contribution in [0.4, 0.5) is 5.69 Å². The molecule has 6 heteroatoms. The van der Waals surface area contributed by atoms with Gasteiger partial charge in [0.1, 0.15) is 0 Å². The molecule has 0 atom stereocenters. The summed E-state index contributed by atoms with van der Waals surface area (Å²) in [7, 11) is 0. The number of aromatic nitrogens is 2. The van der Waals surface area contributed by atoms with Crippen molar-refractivity contribution in [2.24, 2.45) is 0 Å². The van der Waals surface area contributed by atoms with Gasteiger partial charge < -0.3 is 9.84 Å². The number of pyridine rings is 1. The summed E-state index contributed by atoms with van der Waals surface area (Å²) < 4.78 is 4.89. The molecule has 2 aromatic carbocycles. The van der Waals surface area contributed by atoms with E-state index in [0.717, 1.165) is 22.4 Å². The summed E-state index contributed by atoms with van der Waals surface area (Å²) in [4.78, 5) is 16.3. The molecule has 2 heterocycles. The zero-order chi connectivity index (χ0) is 20.0. The van der Waals surface area contributed by atoms with Crippen LogP contribution in [0.3, 0.4) is 0 Å². The Hall–Kier alpha value is -1.83. The number of hydrogen-bond donors (Lipinski definition) is 1. The van der Waals surface area contributed by atoms with Crippen LogP contribution in [-0.2, 0) is 5.41 Å². The second-order valence-corrected chi connectivity index (χ2v) is 7.22. The minimum Gasteiger partial charge on any atom is -0.470 e. The Bertz CT molecular complexity index is 1040. The number of carbonyl (C=O) groups excluding carboxylic acids is 1. The first-order valence-electron chi connectivity index (χ1n) is 8.89. The molecule has 142 valence electrons. The molecule has 0 bridgehead atoms. The van der Waals surface area contributed by atoms with Crippen molar-refractivity contribution in [2.45, 2.75) is 26.2 Å². The summed E-state index contributed by atoms with van der Waals surface area (Å²) >= 11 is 0. The van der Waals surface area contributed by atoms with E-state index in [0.29, 0.717) is 5.56 Å². The van der Waals surface area contributed by atoms with E-state index in [2.05, 4.69) is 48.5 Å². The van der Waals surface area contributed by atoms with Crippen LogP contribution in [-0.4, -0.2) is 16.0 Å². The van der Waals surface area contributed by atoms with Crippen molar-refractivity contribution in [3.05, 3.63) is 90.4 Å². The minimum absolute atomic E-state index is 0. The van der Waals surface area contributed by atoms with E-state index in [1.165, 1.54) is 0 Å². The Morgan fingerprint density at radius 2 is 1.86 bits per heavy atom. The van der Waals surface area contributed by atoms with E-state index < -0.39 is 0 Å². The summed E-state index contributed by atoms with van der Waals surface area (Å²) in [6, 6.07) is 21.1. The first-order chi connectivity index (χ1) is 13.4. The summed E-state index contributed by atoms with van der Waals surface area (Å²) in [6.45, 7) is 6.21. The fraction of sp³-hybridized carbons (Fsp3) is 0.174. The Labute approximate surface area is 213 Å². The van der Waals surface area contributed by atoms with Gasteiger partial charge in [0.15, 0.2) is 0 Å². The second-order valence-electron chi connectivity index (χ2n) is 7.22. The summed E-state index contributed by atoms with van der Waals surface area (Å²) in [5.41, 5.74) is 2.32. The maximum Gasteiger partial charge on any atom is 1.00 e. The molecule has 0 fully saturated rings. The van der Waals surface area contributed by atoms with Gasteiger partial charge in [-0.15, -0.1) is 18.3 Å². The minimum atomic E-state index is -0.128. The average molecular weight is 411 g/mol. The molecule has 0 aliphatic heterocycles. The van der Waals surface area contributed by atoms with Crippen molar-refractivity contribution in [1.82, 2.24) is 10.1 Å². The third-order valence-electron chi connectivity index (χ3n) is 3.97. The molecule has 0 aliphatic carbocycles. The van der Waals surface area contributed by atoms with Gasteiger partial charge in [-0.3, -0.25) is 9.78 Å². The molecule has 0 saturated heterocycles. The van der Waals surface area contributed by atoms with Gasteiger partial charge in [0.2, 0.25) is 0 Å². The monoisotopic (exact) mass is 410 g/mol. The van der Waals surface area contributed by atoms with Crippen LogP contribution in [0.25, 0.3) is 10.9 Å². The van der Waals surface area contributed by atoms with E-state index in [-0.39, 0.29) is 62.7 Å². The zero-order valence-corrected chi connectivity index (χ0v) is 20.2. The maximum atomic E-state index is 12.1. The molecule has 4 aromatic rings. The number of benzene rings is 2. The number of rotatable bonds is 2. The van der Waals surface area contributed by atoms with Crippen molar-refractivity contribution < 1.29 is 60.7 Å². The van der Waals surface area contributed by atoms with E-state index >= 15 is 0 Å². The Kier molecular flexibility index (Phi) is 8.73. The van der Waals surface area contributed by atoms with E-state index in [9.17, 15) is 4.79 Å². The third-order valence-corrected chi connectivity index (χ3v) is 3.97. The number of nitrogens with one attached hydrogen (secondary N) is 1. The number of hydrogen-bond acceptors (Lipinski definition) is 4. The molecular weight excluding hydrogens is 389 g/mol. The first-order valence-corrected chi connectivity index (χ1v) is 8.89. The van der Waals surface area contributed by atoms with Gasteiger partial charge in [-0.2, -0.15) is 24.3 Å². The van der Waals surface area contributed by atoms with E-state index in [1.807, 2.05) is 24.3 Å². The molecule has 1 amide bonds. The van der Waals surface area contributed by atoms with Gasteiger partial charge >= 0.3 is 51.4 Å². The smallest absolute Gasteiger partial charge is 0.470 e. The molecule has 4 rings (SSSR count). The largest absolute Gasteiger partial charge is 1.00 e. The van der Waals surface area contributed by atoms with Gasteiger partial charge in [0.25, 0.3) is 5.91 Å². The Balaban J connectivity index is 0.000000255. The van der Waals surface area contributed by atoms with Crippen LogP contribution in [0.15, 0.2) is 71.4 Å². The van der Waals surface area contributed by atoms with Crippen LogP contribution in [0, 0.1) is 12.3 Å². The van der Waals surface area contributed by atoms with Gasteiger partial charge in [-0.1, -0.05) is 32.5 Å². The maximum absolute atomic E-state index is 12.1. The first kappa shape index (κ1) is 23.4. The van der Waals surface area contributed by atoms with Gasteiger partial charge in [-0.05, 0) is 35.4 Å². The van der Waals surface area contributed by atoms with Crippen LogP contribution >= 0.6 is 0 Å². The van der Waals surface area contributed by atoms with Gasteiger partial charge in [0.05, 0.1) is 5.52 Å². The Morgan fingerprint density at radius 1 is 1.10 bits per heavy atom. The van der Waals surface area contributed by atoms with Crippen LogP contribution in [0.1, 0.15) is 36.9 Å². The van der Waals surface area contributed by atoms with Crippen molar-refractivity contribution >= 4 is 22.5 Å². The van der Waals surface area contributed by atoms with Crippen LogP contribution in [0.2, 0.25) is 0 Å². The average Bonchev–Trinajstić information content (AvgIpc) is 3.24. The summed E-state index contributed by atoms with van der Waals surface area (Å²) in [6.07, 6.45) is 4.36. The van der Waals surface area contributed by atoms with E-state index in [1.54, 1.807) is 42.6 Å². The van der Waals surface area contributed by atoms with Gasteiger partial charge in [-0.25, -0.2) is 5.16 Å². The third kappa shape index (κ3) is 6.87. The second kappa shape index (κ2) is 10.8. The number of amides is 1. The van der Waals surface area contributed by atoms with Gasteiger partial charge in [0, 0.05) is 17.1 Å². The topological polar surface area (TPSA) is 68.0 Å². The predicted octanol–water partition coefficient (Wildman–Crippen LogP) is 2.06. The van der Waals surface area contributed by atoms with E-state index in [4.69, 9.17) is 4.52 Å². The number of nitrogens with zero attached hydrogens (tertiary/aromatic N) is 2. The molecular formula is C23H21KN3O2-. The molecule has 0 aliphatic rings. The summed E-state index contributed by atoms with van der Waals surface area (Å²) in [5, 5.41) is 7.29. The number of anilines is 1. The quantitative estimate of drug-likeness (QED) is 0.406. The number of carbonyl (C=O) groups is 1. The SMILES string of the molecule is CC(C)(C)c1c[c-]no1.O=C(Nc1cc[c-]cc1)c1ccc2ncccc2c1.[K+]. The number of fused-ring (bicyclic) bond motifs is 1. The molecule has 29 heavy (non-hydrogen) atoms. The summed E-state index contributed by atoms with van der Waals surface area (Å²) in [5.74, 6) is 0.749. The molecule has 0 unspecified atom stereocenters. The van der Waals surface area contributed by atoms with Crippen molar-refractivity contribution in [2.75, 3.05) is 5.32 Å². The van der Waals surface area contributed by atoms with Crippen LogP contribution in [0.5, 0.6) is 0 Å². The molecule has 0 spiro atoms. The fourth-order valence-electron chi connectivity index (χ4n) is 2.43. The fourth-order valence-corrected chi connectivity index (χ4v) is 2.43. The zero-order valence-electron chi connectivity index (χ0n) is 17.1. The Morgan fingerprint density at radius 3 is 2.48 bits per heavy atom. The van der Waals surface area contributed by atoms with Crippen molar-refractivity contribution in [1.29, 1.82) is 0 Å². The van der Waals surface area contributed by atoms with Crippen molar-refractivity contribution in [3.8, 4) is 0 Å². The standard InChI is InChI=1S/C16H11N2O.C7H10NO.K/c19-16(18-14-6-2-1-3-7-14)13-8-9-15-12(11-13)5-4-10-17-15;1-7(2,3)6-4-5-8-9-6;/h2-11H,(H,18,19);4H,1-3H3;/q2*-1;+1. The van der Waals surface area contributed by atoms with Crippen LogP contribution < -0.4 is 56.7 Å². The molecule has 2 aromatic heterocycles. The predicted molar refractivity (Wildman–Crippen MR) is 109 cm³/mol. The normalized spacial score (nSPS) is 10.4. The molecule has 0 saturated carbocycles. The van der Waals surface area contributed by atoms with Crippen molar-refractivity contribution in [3.63, 3.8) is 0 Å². The molecule has 5 nitrogen and oxygen atoms in total. The molecule has 1 N–H and O–H groups in total.